The largest absolute Gasteiger partial charge is 0.493 e. The molecular weight excluding hydrogens is 368 g/mol. The second-order valence-corrected chi connectivity index (χ2v) is 8.37. The average molecular weight is 399 g/mol. The molecule has 0 spiro atoms. The molecule has 0 aliphatic carbocycles. The van der Waals surface area contributed by atoms with Crippen LogP contribution in [0.15, 0.2) is 34.6 Å². The molecule has 0 atom stereocenters. The van der Waals surface area contributed by atoms with Gasteiger partial charge in [-0.1, -0.05) is 12.1 Å². The van der Waals surface area contributed by atoms with Gasteiger partial charge in [0.25, 0.3) is 0 Å². The Bertz CT molecular complexity index is 817. The third-order valence-electron chi connectivity index (χ3n) is 5.38. The Hall–Kier alpha value is -2.05. The fourth-order valence-electron chi connectivity index (χ4n) is 3.86. The number of thiophene rings is 1. The summed E-state index contributed by atoms with van der Waals surface area (Å²) in [7, 11) is 0. The Balaban J connectivity index is 1.23. The minimum Gasteiger partial charge on any atom is -0.493 e. The molecule has 2 aliphatic rings. The number of nitrogens with zero attached hydrogens (tertiary/aromatic N) is 2. The zero-order chi connectivity index (χ0) is 19.2. The highest BCUT2D eigenvalue weighted by Gasteiger charge is 2.16. The molecule has 0 saturated carbocycles. The number of rotatable bonds is 7. The molecule has 150 valence electrons. The van der Waals surface area contributed by atoms with Crippen LogP contribution in [0.25, 0.3) is 0 Å². The number of nitrogens with one attached hydrogen (secondary N) is 2. The van der Waals surface area contributed by atoms with Gasteiger partial charge in [-0.15, -0.1) is 11.3 Å². The molecule has 2 aliphatic heterocycles. The van der Waals surface area contributed by atoms with Gasteiger partial charge in [0.15, 0.2) is 5.96 Å². The van der Waals surface area contributed by atoms with E-state index in [2.05, 4.69) is 52.1 Å². The zero-order valence-electron chi connectivity index (χ0n) is 16.7. The third-order valence-corrected chi connectivity index (χ3v) is 6.40. The van der Waals surface area contributed by atoms with Crippen molar-refractivity contribution in [1.29, 1.82) is 0 Å². The quantitative estimate of drug-likeness (QED) is 0.556. The third kappa shape index (κ3) is 4.86. The van der Waals surface area contributed by atoms with Gasteiger partial charge in [-0.2, -0.15) is 0 Å². The predicted molar refractivity (Wildman–Crippen MR) is 117 cm³/mol. The molecular formula is C22H30N4OS. The lowest BCUT2D eigenvalue weighted by Crippen LogP contribution is -2.39. The van der Waals surface area contributed by atoms with E-state index < -0.39 is 0 Å². The second kappa shape index (κ2) is 9.43. The zero-order valence-corrected chi connectivity index (χ0v) is 17.5. The summed E-state index contributed by atoms with van der Waals surface area (Å²) < 4.78 is 5.59. The highest BCUT2D eigenvalue weighted by atomic mass is 32.1. The fraction of sp³-hybridized carbons (Fsp3) is 0.500. The normalized spacial score (nSPS) is 16.4. The Kier molecular flexibility index (Phi) is 6.49. The van der Waals surface area contributed by atoms with Crippen LogP contribution in [-0.2, 0) is 25.8 Å². The molecule has 3 heterocycles. The SMILES string of the molecule is CCNC(=NCCN1CCc2sccc2C1)NCCc1ccc2c(c1)CCO2. The molecule has 0 saturated heterocycles. The first-order valence-corrected chi connectivity index (χ1v) is 11.2. The van der Waals surface area contributed by atoms with Crippen molar-refractivity contribution < 1.29 is 4.74 Å². The van der Waals surface area contributed by atoms with Crippen LogP contribution in [0.3, 0.4) is 0 Å². The van der Waals surface area contributed by atoms with Crippen LogP contribution in [0.1, 0.15) is 28.5 Å². The van der Waals surface area contributed by atoms with Crippen molar-refractivity contribution in [3.8, 4) is 5.75 Å². The highest BCUT2D eigenvalue weighted by molar-refractivity contribution is 7.10. The van der Waals surface area contributed by atoms with Gasteiger partial charge in [-0.25, -0.2) is 0 Å². The van der Waals surface area contributed by atoms with E-state index in [0.717, 1.165) is 70.4 Å². The van der Waals surface area contributed by atoms with E-state index in [1.54, 1.807) is 4.88 Å². The Morgan fingerprint density at radius 2 is 2.18 bits per heavy atom. The van der Waals surface area contributed by atoms with E-state index in [4.69, 9.17) is 9.73 Å². The van der Waals surface area contributed by atoms with Crippen LogP contribution >= 0.6 is 11.3 Å². The first-order valence-electron chi connectivity index (χ1n) is 10.4. The fourth-order valence-corrected chi connectivity index (χ4v) is 4.75. The van der Waals surface area contributed by atoms with Gasteiger partial charge in [0.1, 0.15) is 5.75 Å². The summed E-state index contributed by atoms with van der Waals surface area (Å²) in [5.41, 5.74) is 4.20. The van der Waals surface area contributed by atoms with Crippen molar-refractivity contribution >= 4 is 17.3 Å². The minimum absolute atomic E-state index is 0.818. The van der Waals surface area contributed by atoms with E-state index in [9.17, 15) is 0 Å². The number of hydrogen-bond donors (Lipinski definition) is 2. The van der Waals surface area contributed by atoms with Crippen LogP contribution in [0.5, 0.6) is 5.75 Å². The van der Waals surface area contributed by atoms with Crippen LogP contribution < -0.4 is 15.4 Å². The van der Waals surface area contributed by atoms with Gasteiger partial charge in [0, 0.05) is 44.0 Å². The molecule has 4 rings (SSSR count). The van der Waals surface area contributed by atoms with Crippen molar-refractivity contribution in [3.63, 3.8) is 0 Å². The van der Waals surface area contributed by atoms with Crippen molar-refractivity contribution in [3.05, 3.63) is 51.2 Å². The van der Waals surface area contributed by atoms with Crippen molar-refractivity contribution in [1.82, 2.24) is 15.5 Å². The lowest BCUT2D eigenvalue weighted by molar-refractivity contribution is 0.263. The van der Waals surface area contributed by atoms with E-state index in [1.807, 2.05) is 11.3 Å². The molecule has 28 heavy (non-hydrogen) atoms. The molecule has 0 radical (unpaired) electrons. The van der Waals surface area contributed by atoms with Gasteiger partial charge < -0.3 is 15.4 Å². The van der Waals surface area contributed by atoms with Crippen molar-refractivity contribution in [2.24, 2.45) is 4.99 Å². The van der Waals surface area contributed by atoms with Crippen LogP contribution in [0, 0.1) is 0 Å². The Labute approximate surface area is 171 Å². The number of hydrogen-bond acceptors (Lipinski definition) is 4. The standard InChI is InChI=1S/C22H30N4OS/c1-2-23-22(24-9-5-17-3-4-20-18(15-17)7-13-27-20)25-10-12-26-11-6-21-19(16-26)8-14-28-21/h3-4,8,14-15H,2,5-7,9-13,16H2,1H3,(H2,23,24,25). The van der Waals surface area contributed by atoms with E-state index >= 15 is 0 Å². The van der Waals surface area contributed by atoms with E-state index in [1.165, 1.54) is 23.1 Å². The summed E-state index contributed by atoms with van der Waals surface area (Å²) in [4.78, 5) is 8.85. The number of aliphatic imine (C=N–C) groups is 1. The first kappa shape index (κ1) is 19.3. The molecule has 0 amide bonds. The molecule has 2 N–H and O–H groups in total. The number of ether oxygens (including phenoxy) is 1. The summed E-state index contributed by atoms with van der Waals surface area (Å²) in [6, 6.07) is 8.83. The van der Waals surface area contributed by atoms with Gasteiger partial charge >= 0.3 is 0 Å². The molecule has 1 aromatic heterocycles. The molecule has 6 heteroatoms. The summed E-state index contributed by atoms with van der Waals surface area (Å²) in [6.07, 6.45) is 3.20. The average Bonchev–Trinajstić information content (AvgIpc) is 3.36. The summed E-state index contributed by atoms with van der Waals surface area (Å²) in [5.74, 6) is 1.97. The van der Waals surface area contributed by atoms with Crippen LogP contribution in [-0.4, -0.2) is 50.2 Å². The lowest BCUT2D eigenvalue weighted by atomic mass is 10.1. The van der Waals surface area contributed by atoms with Gasteiger partial charge in [-0.05, 0) is 54.0 Å². The van der Waals surface area contributed by atoms with Crippen LogP contribution in [0.2, 0.25) is 0 Å². The maximum absolute atomic E-state index is 5.59. The molecule has 0 fully saturated rings. The smallest absolute Gasteiger partial charge is 0.191 e. The molecule has 5 nitrogen and oxygen atoms in total. The van der Waals surface area contributed by atoms with E-state index in [-0.39, 0.29) is 0 Å². The van der Waals surface area contributed by atoms with Gasteiger partial charge in [-0.3, -0.25) is 9.89 Å². The Morgan fingerprint density at radius 1 is 1.21 bits per heavy atom. The number of benzene rings is 1. The highest BCUT2D eigenvalue weighted by Crippen LogP contribution is 2.26. The molecule has 0 unspecified atom stereocenters. The summed E-state index contributed by atoms with van der Waals surface area (Å²) >= 11 is 1.90. The molecule has 2 aromatic rings. The Morgan fingerprint density at radius 3 is 3.11 bits per heavy atom. The summed E-state index contributed by atoms with van der Waals surface area (Å²) in [5, 5.41) is 9.05. The maximum atomic E-state index is 5.59. The first-order chi connectivity index (χ1) is 13.8. The topological polar surface area (TPSA) is 48.9 Å². The van der Waals surface area contributed by atoms with Crippen molar-refractivity contribution in [2.75, 3.05) is 39.3 Å². The van der Waals surface area contributed by atoms with Gasteiger partial charge in [0.2, 0.25) is 0 Å². The maximum Gasteiger partial charge on any atom is 0.191 e. The molecule has 1 aromatic carbocycles. The van der Waals surface area contributed by atoms with Crippen molar-refractivity contribution in [2.45, 2.75) is 32.7 Å². The van der Waals surface area contributed by atoms with Crippen LogP contribution in [0.4, 0.5) is 0 Å². The van der Waals surface area contributed by atoms with E-state index in [0.29, 0.717) is 0 Å². The number of fused-ring (bicyclic) bond motifs is 2. The second-order valence-electron chi connectivity index (χ2n) is 7.37. The number of guanidine groups is 1. The minimum atomic E-state index is 0.818. The lowest BCUT2D eigenvalue weighted by Gasteiger charge is -2.26. The summed E-state index contributed by atoms with van der Waals surface area (Å²) in [6.45, 7) is 8.74. The molecule has 0 bridgehead atoms. The van der Waals surface area contributed by atoms with Gasteiger partial charge in [0.05, 0.1) is 13.2 Å². The monoisotopic (exact) mass is 398 g/mol. The predicted octanol–water partition coefficient (Wildman–Crippen LogP) is 2.84.